The lowest BCUT2D eigenvalue weighted by Gasteiger charge is -2.12. The van der Waals surface area contributed by atoms with E-state index >= 15 is 0 Å². The minimum atomic E-state index is -4.04. The first kappa shape index (κ1) is 9.47. The van der Waals surface area contributed by atoms with Crippen LogP contribution in [0.15, 0.2) is 0 Å². The van der Waals surface area contributed by atoms with Gasteiger partial charge in [0.2, 0.25) is 0 Å². The number of rotatable bonds is 3. The fourth-order valence-electron chi connectivity index (χ4n) is 1.05. The molecular weight excluding hydrogens is 184 g/mol. The first-order valence-electron chi connectivity index (χ1n) is 3.48. The fourth-order valence-corrected chi connectivity index (χ4v) is 2.07. The van der Waals surface area contributed by atoms with Crippen molar-refractivity contribution in [2.24, 2.45) is 0 Å². The van der Waals surface area contributed by atoms with E-state index in [4.69, 9.17) is 9.29 Å². The zero-order valence-electron chi connectivity index (χ0n) is 6.61. The second-order valence-corrected chi connectivity index (χ2v) is 4.46. The van der Waals surface area contributed by atoms with E-state index in [0.717, 1.165) is 0 Å². The van der Waals surface area contributed by atoms with Gasteiger partial charge in [-0.2, -0.15) is 8.42 Å². The molecule has 0 aromatic rings. The quantitative estimate of drug-likeness (QED) is 0.504. The maximum atomic E-state index is 10.5. The minimum absolute atomic E-state index is 0.487. The van der Waals surface area contributed by atoms with Gasteiger partial charge in [-0.05, 0) is 12.8 Å². The smallest absolute Gasteiger partial charge is 0.303 e. The maximum absolute atomic E-state index is 10.5. The van der Waals surface area contributed by atoms with Crippen molar-refractivity contribution >= 4 is 16.1 Å². The second-order valence-electron chi connectivity index (χ2n) is 3.00. The highest BCUT2D eigenvalue weighted by molar-refractivity contribution is 7.85. The Morgan fingerprint density at radius 2 is 2.08 bits per heavy atom. The van der Waals surface area contributed by atoms with Crippen molar-refractivity contribution in [3.05, 3.63) is 0 Å². The molecule has 0 aromatic carbocycles. The van der Waals surface area contributed by atoms with Crippen LogP contribution in [0.2, 0.25) is 0 Å². The van der Waals surface area contributed by atoms with Crippen LogP contribution in [-0.2, 0) is 19.6 Å². The Bertz CT molecular complexity index is 287. The summed E-state index contributed by atoms with van der Waals surface area (Å²) in [5.41, 5.74) is -0.931. The van der Waals surface area contributed by atoms with E-state index in [1.54, 1.807) is 0 Å². The van der Waals surface area contributed by atoms with Crippen molar-refractivity contribution in [3.8, 4) is 0 Å². The third kappa shape index (κ3) is 2.78. The Kier molecular flexibility index (Phi) is 2.13. The molecule has 0 aromatic heterocycles. The van der Waals surface area contributed by atoms with E-state index in [9.17, 15) is 13.2 Å². The molecule has 0 bridgehead atoms. The molecular formula is C6H10O5S. The molecule has 1 aliphatic rings. The van der Waals surface area contributed by atoms with Crippen LogP contribution in [0.1, 0.15) is 19.8 Å². The predicted molar refractivity (Wildman–Crippen MR) is 40.1 cm³/mol. The van der Waals surface area contributed by atoms with Gasteiger partial charge in [-0.1, -0.05) is 0 Å². The van der Waals surface area contributed by atoms with E-state index < -0.39 is 27.4 Å². The topological polar surface area (TPSA) is 80.7 Å². The van der Waals surface area contributed by atoms with Crippen molar-refractivity contribution < 1.29 is 22.5 Å². The molecule has 1 saturated carbocycles. The Hall–Kier alpha value is -0.620. The molecule has 12 heavy (non-hydrogen) atoms. The molecule has 70 valence electrons. The normalized spacial score (nSPS) is 20.2. The standard InChI is InChI=1S/C6H10O5S/c1-5(7)11-6(2-3-6)4-12(8,9)10/h2-4H2,1H3,(H,8,9,10). The first-order chi connectivity index (χ1) is 5.33. The fraction of sp³-hybridized carbons (Fsp3) is 0.833. The molecule has 0 unspecified atom stereocenters. The highest BCUT2D eigenvalue weighted by atomic mass is 32.2. The molecule has 1 fully saturated rings. The first-order valence-corrected chi connectivity index (χ1v) is 5.09. The molecule has 0 aliphatic heterocycles. The molecule has 1 rings (SSSR count). The van der Waals surface area contributed by atoms with Crippen LogP contribution in [0.3, 0.4) is 0 Å². The third-order valence-electron chi connectivity index (χ3n) is 1.61. The SMILES string of the molecule is CC(=O)OC1(CS(=O)(=O)O)CC1. The van der Waals surface area contributed by atoms with Gasteiger partial charge >= 0.3 is 5.97 Å². The van der Waals surface area contributed by atoms with E-state index in [1.165, 1.54) is 6.92 Å². The van der Waals surface area contributed by atoms with E-state index in [1.807, 2.05) is 0 Å². The van der Waals surface area contributed by atoms with Crippen LogP contribution in [0.25, 0.3) is 0 Å². The lowest BCUT2D eigenvalue weighted by Crippen LogP contribution is -2.27. The van der Waals surface area contributed by atoms with Crippen LogP contribution in [-0.4, -0.2) is 30.3 Å². The van der Waals surface area contributed by atoms with Crippen molar-refractivity contribution in [2.45, 2.75) is 25.4 Å². The average molecular weight is 194 g/mol. The van der Waals surface area contributed by atoms with Crippen LogP contribution in [0.4, 0.5) is 0 Å². The number of esters is 1. The number of hydrogen-bond donors (Lipinski definition) is 1. The zero-order chi connectivity index (χ0) is 9.41. The summed E-state index contributed by atoms with van der Waals surface area (Å²) in [5.74, 6) is -1.00. The molecule has 0 amide bonds. The highest BCUT2D eigenvalue weighted by Gasteiger charge is 2.49. The second kappa shape index (κ2) is 2.70. The predicted octanol–water partition coefficient (Wildman–Crippen LogP) is -0.0301. The Morgan fingerprint density at radius 3 is 2.33 bits per heavy atom. The van der Waals surface area contributed by atoms with Gasteiger partial charge in [0, 0.05) is 6.92 Å². The number of hydrogen-bond acceptors (Lipinski definition) is 4. The Labute approximate surface area is 70.5 Å². The molecule has 6 heteroatoms. The average Bonchev–Trinajstić information content (AvgIpc) is 2.40. The Balaban J connectivity index is 2.57. The highest BCUT2D eigenvalue weighted by Crippen LogP contribution is 2.40. The van der Waals surface area contributed by atoms with Crippen LogP contribution in [0.5, 0.6) is 0 Å². The van der Waals surface area contributed by atoms with Gasteiger partial charge in [-0.25, -0.2) is 0 Å². The minimum Gasteiger partial charge on any atom is -0.458 e. The molecule has 0 atom stereocenters. The summed E-state index contributed by atoms with van der Waals surface area (Å²) in [5, 5.41) is 0. The summed E-state index contributed by atoms with van der Waals surface area (Å²) in [6, 6.07) is 0. The summed E-state index contributed by atoms with van der Waals surface area (Å²) in [7, 11) is -4.04. The van der Waals surface area contributed by atoms with Gasteiger partial charge in [0.05, 0.1) is 0 Å². The summed E-state index contributed by atoms with van der Waals surface area (Å²) in [6.45, 7) is 1.21. The van der Waals surface area contributed by atoms with Gasteiger partial charge in [0.1, 0.15) is 11.4 Å². The van der Waals surface area contributed by atoms with Gasteiger partial charge in [-0.3, -0.25) is 9.35 Å². The largest absolute Gasteiger partial charge is 0.458 e. The zero-order valence-corrected chi connectivity index (χ0v) is 7.43. The van der Waals surface area contributed by atoms with Gasteiger partial charge in [-0.15, -0.1) is 0 Å². The monoisotopic (exact) mass is 194 g/mol. The molecule has 0 spiro atoms. The lowest BCUT2D eigenvalue weighted by molar-refractivity contribution is -0.147. The molecule has 0 heterocycles. The summed E-state index contributed by atoms with van der Waals surface area (Å²) < 4.78 is 34.1. The van der Waals surface area contributed by atoms with Crippen LogP contribution in [0, 0.1) is 0 Å². The van der Waals surface area contributed by atoms with Crippen molar-refractivity contribution in [1.29, 1.82) is 0 Å². The van der Waals surface area contributed by atoms with E-state index in [0.29, 0.717) is 12.8 Å². The van der Waals surface area contributed by atoms with Gasteiger partial charge in [0.15, 0.2) is 0 Å². The van der Waals surface area contributed by atoms with E-state index in [2.05, 4.69) is 0 Å². The van der Waals surface area contributed by atoms with Crippen molar-refractivity contribution in [1.82, 2.24) is 0 Å². The Morgan fingerprint density at radius 1 is 1.58 bits per heavy atom. The van der Waals surface area contributed by atoms with E-state index in [-0.39, 0.29) is 0 Å². The molecule has 0 radical (unpaired) electrons. The summed E-state index contributed by atoms with van der Waals surface area (Å²) in [4.78, 5) is 10.5. The van der Waals surface area contributed by atoms with Crippen LogP contribution < -0.4 is 0 Å². The molecule has 0 saturated heterocycles. The number of carbonyl (C=O) groups is 1. The third-order valence-corrected chi connectivity index (χ3v) is 2.50. The molecule has 1 aliphatic carbocycles. The lowest BCUT2D eigenvalue weighted by atomic mass is 10.4. The summed E-state index contributed by atoms with van der Waals surface area (Å²) in [6.07, 6.45) is 1.01. The number of carbonyl (C=O) groups excluding carboxylic acids is 1. The molecule has 5 nitrogen and oxygen atoms in total. The maximum Gasteiger partial charge on any atom is 0.303 e. The van der Waals surface area contributed by atoms with Gasteiger partial charge in [0.25, 0.3) is 10.1 Å². The van der Waals surface area contributed by atoms with Crippen molar-refractivity contribution in [2.75, 3.05) is 5.75 Å². The van der Waals surface area contributed by atoms with Gasteiger partial charge < -0.3 is 4.74 Å². The summed E-state index contributed by atoms with van der Waals surface area (Å²) >= 11 is 0. The number of ether oxygens (including phenoxy) is 1. The molecule has 1 N–H and O–H groups in total. The van der Waals surface area contributed by atoms with Crippen molar-refractivity contribution in [3.63, 3.8) is 0 Å². The van der Waals surface area contributed by atoms with Crippen LogP contribution >= 0.6 is 0 Å².